The van der Waals surface area contributed by atoms with E-state index in [0.717, 1.165) is 0 Å². The number of benzene rings is 2. The van der Waals surface area contributed by atoms with E-state index in [4.69, 9.17) is 32.4 Å². The Labute approximate surface area is 192 Å². The fourth-order valence-electron chi connectivity index (χ4n) is 3.67. The molecule has 2 aromatic carbocycles. The Morgan fingerprint density at radius 1 is 1.16 bits per heavy atom. The molecule has 1 aromatic heterocycles. The summed E-state index contributed by atoms with van der Waals surface area (Å²) in [5, 5.41) is 0.877. The predicted molar refractivity (Wildman–Crippen MR) is 115 cm³/mol. The second-order valence-corrected chi connectivity index (χ2v) is 8.96. The summed E-state index contributed by atoms with van der Waals surface area (Å²) >= 11 is 12.1. The van der Waals surface area contributed by atoms with E-state index >= 15 is 0 Å². The van der Waals surface area contributed by atoms with Gasteiger partial charge >= 0.3 is 12.1 Å². The molecule has 170 valence electrons. The molecule has 1 fully saturated rings. The molecule has 0 unspecified atom stereocenters. The number of carbonyl (C=O) groups excluding carboxylic acids is 1. The van der Waals surface area contributed by atoms with Crippen LogP contribution in [0.1, 0.15) is 30.1 Å². The van der Waals surface area contributed by atoms with E-state index < -0.39 is 24.3 Å². The minimum atomic E-state index is -4.24. The number of oxazole rings is 1. The van der Waals surface area contributed by atoms with E-state index in [2.05, 4.69) is 4.98 Å². The third kappa shape index (κ3) is 5.36. The molecule has 1 aliphatic rings. The number of fused-ring (bicyclic) bond motifs is 1. The molecular weight excluding hydrogens is 468 g/mol. The number of esters is 1. The summed E-state index contributed by atoms with van der Waals surface area (Å²) in [4.78, 5) is 18.4. The Morgan fingerprint density at radius 2 is 1.81 bits per heavy atom. The van der Waals surface area contributed by atoms with Crippen molar-refractivity contribution in [2.24, 2.45) is 0 Å². The number of halogens is 5. The zero-order valence-electron chi connectivity index (χ0n) is 17.0. The fourth-order valence-corrected chi connectivity index (χ4v) is 4.20. The van der Waals surface area contributed by atoms with Crippen molar-refractivity contribution in [3.63, 3.8) is 0 Å². The van der Waals surface area contributed by atoms with Crippen LogP contribution in [0.15, 0.2) is 40.8 Å². The molecule has 0 bridgehead atoms. The van der Waals surface area contributed by atoms with Gasteiger partial charge < -0.3 is 9.15 Å². The highest BCUT2D eigenvalue weighted by Crippen LogP contribution is 2.31. The molecule has 0 saturated carbocycles. The van der Waals surface area contributed by atoms with Crippen molar-refractivity contribution in [2.45, 2.75) is 31.5 Å². The van der Waals surface area contributed by atoms with Crippen LogP contribution in [0.25, 0.3) is 22.6 Å². The first-order chi connectivity index (χ1) is 15.0. The molecule has 0 radical (unpaired) electrons. The van der Waals surface area contributed by atoms with Gasteiger partial charge in [-0.15, -0.1) is 0 Å². The Bertz CT molecular complexity index is 1130. The molecule has 0 N–H and O–H groups in total. The molecule has 0 spiro atoms. The van der Waals surface area contributed by atoms with Crippen molar-refractivity contribution in [3.8, 4) is 11.5 Å². The lowest BCUT2D eigenvalue weighted by Crippen LogP contribution is -2.47. The lowest BCUT2D eigenvalue weighted by Gasteiger charge is -2.39. The third-order valence-electron chi connectivity index (χ3n) is 5.39. The van der Waals surface area contributed by atoms with Crippen molar-refractivity contribution in [3.05, 3.63) is 52.0 Å². The summed E-state index contributed by atoms with van der Waals surface area (Å²) in [7, 11) is 0. The van der Waals surface area contributed by atoms with E-state index in [9.17, 15) is 18.0 Å². The number of piperidine rings is 1. The number of likely N-dealkylation sites (tertiary alicyclic amines) is 1. The summed E-state index contributed by atoms with van der Waals surface area (Å²) in [6.07, 6.45) is -3.61. The second-order valence-electron chi connectivity index (χ2n) is 8.09. The highest BCUT2D eigenvalue weighted by molar-refractivity contribution is 6.35. The maximum absolute atomic E-state index is 12.7. The van der Waals surface area contributed by atoms with E-state index in [1.165, 1.54) is 11.0 Å². The standard InChI is InChI=1S/C22H19Cl2F3N2O3/c1-21(4-6-29(7-5-21)12-22(25,26)27)32-20(30)13-2-3-17-18(10-13)31-19(28-17)14-8-15(23)11-16(24)9-14/h2-3,8-11H,4-7,12H2,1H3. The average Bonchev–Trinajstić information content (AvgIpc) is 3.11. The monoisotopic (exact) mass is 486 g/mol. The lowest BCUT2D eigenvalue weighted by atomic mass is 9.93. The van der Waals surface area contributed by atoms with Crippen LogP contribution in [0, 0.1) is 0 Å². The van der Waals surface area contributed by atoms with Crippen LogP contribution in [0.3, 0.4) is 0 Å². The smallest absolute Gasteiger partial charge is 0.401 e. The first-order valence-corrected chi connectivity index (χ1v) is 10.6. The van der Waals surface area contributed by atoms with Gasteiger partial charge in [0.1, 0.15) is 11.1 Å². The number of hydrogen-bond donors (Lipinski definition) is 0. The molecule has 1 saturated heterocycles. The zero-order valence-corrected chi connectivity index (χ0v) is 18.5. The van der Waals surface area contributed by atoms with Gasteiger partial charge in [-0.25, -0.2) is 9.78 Å². The number of alkyl halides is 3. The van der Waals surface area contributed by atoms with Crippen LogP contribution in [-0.4, -0.2) is 47.3 Å². The molecule has 4 rings (SSSR count). The number of carbonyl (C=O) groups is 1. The first kappa shape index (κ1) is 22.9. The van der Waals surface area contributed by atoms with Crippen molar-refractivity contribution in [1.29, 1.82) is 0 Å². The van der Waals surface area contributed by atoms with Gasteiger partial charge in [-0.3, -0.25) is 4.90 Å². The Hall–Kier alpha value is -2.29. The summed E-state index contributed by atoms with van der Waals surface area (Å²) in [6.45, 7) is 1.19. The molecular formula is C22H19Cl2F3N2O3. The van der Waals surface area contributed by atoms with Gasteiger partial charge in [-0.2, -0.15) is 13.2 Å². The van der Waals surface area contributed by atoms with E-state index in [0.29, 0.717) is 45.4 Å². The highest BCUT2D eigenvalue weighted by Gasteiger charge is 2.38. The van der Waals surface area contributed by atoms with Crippen LogP contribution in [0.4, 0.5) is 13.2 Å². The highest BCUT2D eigenvalue weighted by atomic mass is 35.5. The van der Waals surface area contributed by atoms with Crippen LogP contribution >= 0.6 is 23.2 Å². The number of ether oxygens (including phenoxy) is 1. The predicted octanol–water partition coefficient (Wildman–Crippen LogP) is 6.38. The number of rotatable bonds is 4. The molecule has 0 amide bonds. The normalized spacial score (nSPS) is 16.9. The van der Waals surface area contributed by atoms with Crippen molar-refractivity contribution in [2.75, 3.05) is 19.6 Å². The zero-order chi connectivity index (χ0) is 23.1. The van der Waals surface area contributed by atoms with Gasteiger partial charge in [0.25, 0.3) is 0 Å². The molecule has 0 aliphatic carbocycles. The molecule has 32 heavy (non-hydrogen) atoms. The summed E-state index contributed by atoms with van der Waals surface area (Å²) in [5.74, 6) is -0.263. The molecule has 2 heterocycles. The second kappa shape index (κ2) is 8.57. The Morgan fingerprint density at radius 3 is 2.44 bits per heavy atom. The van der Waals surface area contributed by atoms with Gasteiger partial charge in [0.2, 0.25) is 5.89 Å². The van der Waals surface area contributed by atoms with Crippen LogP contribution < -0.4 is 0 Å². The van der Waals surface area contributed by atoms with E-state index in [1.807, 2.05) is 0 Å². The summed E-state index contributed by atoms with van der Waals surface area (Å²) in [6, 6.07) is 9.67. The van der Waals surface area contributed by atoms with E-state index in [1.54, 1.807) is 37.3 Å². The maximum atomic E-state index is 12.7. The maximum Gasteiger partial charge on any atom is 0.401 e. The fraction of sp³-hybridized carbons (Fsp3) is 0.364. The van der Waals surface area contributed by atoms with Gasteiger partial charge in [-0.05, 0) is 56.2 Å². The van der Waals surface area contributed by atoms with Crippen LogP contribution in [-0.2, 0) is 4.74 Å². The summed E-state index contributed by atoms with van der Waals surface area (Å²) < 4.78 is 49.2. The van der Waals surface area contributed by atoms with Gasteiger partial charge in [0.15, 0.2) is 5.58 Å². The largest absolute Gasteiger partial charge is 0.456 e. The topological polar surface area (TPSA) is 55.6 Å². The van der Waals surface area contributed by atoms with Crippen molar-refractivity contribution < 1.29 is 27.1 Å². The van der Waals surface area contributed by atoms with Crippen LogP contribution in [0.5, 0.6) is 0 Å². The van der Waals surface area contributed by atoms with Crippen molar-refractivity contribution in [1.82, 2.24) is 9.88 Å². The number of nitrogens with zero attached hydrogens (tertiary/aromatic N) is 2. The van der Waals surface area contributed by atoms with Gasteiger partial charge in [-0.1, -0.05) is 23.2 Å². The number of aromatic nitrogens is 1. The lowest BCUT2D eigenvalue weighted by molar-refractivity contribution is -0.153. The minimum Gasteiger partial charge on any atom is -0.456 e. The molecule has 1 aliphatic heterocycles. The van der Waals surface area contributed by atoms with Gasteiger partial charge in [0.05, 0.1) is 12.1 Å². The number of hydrogen-bond acceptors (Lipinski definition) is 5. The minimum absolute atomic E-state index is 0.204. The molecule has 10 heteroatoms. The van der Waals surface area contributed by atoms with E-state index in [-0.39, 0.29) is 18.7 Å². The third-order valence-corrected chi connectivity index (χ3v) is 5.83. The van der Waals surface area contributed by atoms with Crippen LogP contribution in [0.2, 0.25) is 10.0 Å². The average molecular weight is 487 g/mol. The van der Waals surface area contributed by atoms with Crippen molar-refractivity contribution >= 4 is 40.3 Å². The quantitative estimate of drug-likeness (QED) is 0.400. The SMILES string of the molecule is CC1(OC(=O)c2ccc3nc(-c4cc(Cl)cc(Cl)c4)oc3c2)CCN(CC(F)(F)F)CC1. The summed E-state index contributed by atoms with van der Waals surface area (Å²) in [5.41, 5.74) is 0.956. The Balaban J connectivity index is 1.47. The molecule has 0 atom stereocenters. The molecule has 5 nitrogen and oxygen atoms in total. The Kier molecular flexibility index (Phi) is 6.13. The molecule has 3 aromatic rings. The van der Waals surface area contributed by atoms with Gasteiger partial charge in [0, 0.05) is 28.7 Å². The first-order valence-electron chi connectivity index (χ1n) is 9.89.